The van der Waals surface area contributed by atoms with Crippen molar-refractivity contribution in [3.05, 3.63) is 23.8 Å². The van der Waals surface area contributed by atoms with Crippen molar-refractivity contribution in [3.63, 3.8) is 0 Å². The fourth-order valence-corrected chi connectivity index (χ4v) is 2.13. The highest BCUT2D eigenvalue weighted by Crippen LogP contribution is 2.24. The molecule has 0 saturated carbocycles. The average molecular weight is 237 g/mol. The van der Waals surface area contributed by atoms with Crippen LogP contribution in [0, 0.1) is 0 Å². The molecule has 0 aliphatic heterocycles. The Morgan fingerprint density at radius 1 is 1.56 bits per heavy atom. The molecule has 84 valence electrons. The van der Waals surface area contributed by atoms with Crippen molar-refractivity contribution in [2.24, 2.45) is 0 Å². The second-order valence-corrected chi connectivity index (χ2v) is 4.28. The number of amides is 1. The van der Waals surface area contributed by atoms with Crippen molar-refractivity contribution < 1.29 is 9.90 Å². The third-order valence-corrected chi connectivity index (χ3v) is 2.91. The van der Waals surface area contributed by atoms with Crippen LogP contribution < -0.4 is 11.1 Å². The number of carbonyl (C=O) groups is 1. The van der Waals surface area contributed by atoms with E-state index in [-0.39, 0.29) is 19.1 Å². The summed E-state index contributed by atoms with van der Waals surface area (Å²) < 4.78 is 0.883. The summed E-state index contributed by atoms with van der Waals surface area (Å²) in [5.41, 5.74) is 6.91. The van der Waals surface area contributed by atoms with Gasteiger partial charge in [-0.15, -0.1) is 0 Å². The maximum Gasteiger partial charge on any atom is 0.251 e. The number of carbonyl (C=O) groups excluding carboxylic acids is 1. The highest BCUT2D eigenvalue weighted by Gasteiger charge is 2.07. The number of anilines is 1. The van der Waals surface area contributed by atoms with Gasteiger partial charge in [-0.3, -0.25) is 4.79 Å². The summed E-state index contributed by atoms with van der Waals surface area (Å²) in [6.45, 7) is 0.184. The normalized spacial score (nSPS) is 10.6. The van der Waals surface area contributed by atoms with E-state index in [2.05, 4.69) is 10.3 Å². The van der Waals surface area contributed by atoms with Gasteiger partial charge in [0.2, 0.25) is 0 Å². The highest BCUT2D eigenvalue weighted by atomic mass is 32.1. The van der Waals surface area contributed by atoms with Crippen molar-refractivity contribution >= 4 is 32.6 Å². The summed E-state index contributed by atoms with van der Waals surface area (Å²) >= 11 is 1.34. The molecule has 0 atom stereocenters. The molecule has 0 aliphatic rings. The van der Waals surface area contributed by atoms with Gasteiger partial charge in [-0.05, 0) is 18.2 Å². The lowest BCUT2D eigenvalue weighted by molar-refractivity contribution is 0.0945. The number of hydrogen-bond acceptors (Lipinski definition) is 5. The highest BCUT2D eigenvalue weighted by molar-refractivity contribution is 7.22. The van der Waals surface area contributed by atoms with Gasteiger partial charge in [0.15, 0.2) is 5.13 Å². The van der Waals surface area contributed by atoms with Crippen LogP contribution in [-0.4, -0.2) is 29.1 Å². The molecule has 1 amide bonds. The van der Waals surface area contributed by atoms with Crippen LogP contribution in [0.1, 0.15) is 10.4 Å². The zero-order chi connectivity index (χ0) is 11.5. The molecule has 5 nitrogen and oxygen atoms in total. The molecule has 0 bridgehead atoms. The number of aliphatic hydroxyl groups is 1. The van der Waals surface area contributed by atoms with E-state index in [1.165, 1.54) is 11.3 Å². The number of nitrogens with zero attached hydrogens (tertiary/aromatic N) is 1. The number of thiazole rings is 1. The summed E-state index contributed by atoms with van der Waals surface area (Å²) in [5, 5.41) is 11.7. The Bertz CT molecular complexity index is 524. The molecule has 0 radical (unpaired) electrons. The molecule has 1 heterocycles. The lowest BCUT2D eigenvalue weighted by Crippen LogP contribution is -2.26. The molecule has 0 spiro atoms. The maximum atomic E-state index is 11.6. The first-order valence-corrected chi connectivity index (χ1v) is 5.57. The smallest absolute Gasteiger partial charge is 0.251 e. The predicted molar refractivity (Wildman–Crippen MR) is 63.5 cm³/mol. The second-order valence-electron chi connectivity index (χ2n) is 3.21. The SMILES string of the molecule is Nc1nc2ccc(C(=O)NCCO)cc2s1. The fraction of sp³-hybridized carbons (Fsp3) is 0.200. The number of nitrogens with one attached hydrogen (secondary N) is 1. The van der Waals surface area contributed by atoms with Gasteiger partial charge in [0.05, 0.1) is 16.8 Å². The van der Waals surface area contributed by atoms with E-state index >= 15 is 0 Å². The van der Waals surface area contributed by atoms with E-state index in [4.69, 9.17) is 10.8 Å². The Kier molecular flexibility index (Phi) is 3.02. The van der Waals surface area contributed by atoms with Gasteiger partial charge in [-0.1, -0.05) is 11.3 Å². The van der Waals surface area contributed by atoms with Crippen LogP contribution in [0.5, 0.6) is 0 Å². The van der Waals surface area contributed by atoms with E-state index in [1.807, 2.05) is 0 Å². The number of benzene rings is 1. The number of hydrogen-bond donors (Lipinski definition) is 3. The van der Waals surface area contributed by atoms with Crippen molar-refractivity contribution in [1.29, 1.82) is 0 Å². The molecule has 4 N–H and O–H groups in total. The molecule has 0 fully saturated rings. The molecule has 6 heteroatoms. The van der Waals surface area contributed by atoms with Gasteiger partial charge in [-0.25, -0.2) is 4.98 Å². The van der Waals surface area contributed by atoms with Crippen molar-refractivity contribution in [2.75, 3.05) is 18.9 Å². The van der Waals surface area contributed by atoms with Crippen LogP contribution in [0.2, 0.25) is 0 Å². The first kappa shape index (κ1) is 10.8. The molecule has 0 unspecified atom stereocenters. The van der Waals surface area contributed by atoms with Crippen LogP contribution in [0.15, 0.2) is 18.2 Å². The number of nitrogen functional groups attached to an aromatic ring is 1. The third kappa shape index (κ3) is 2.12. The summed E-state index contributed by atoms with van der Waals surface area (Å²) in [7, 11) is 0. The number of fused-ring (bicyclic) bond motifs is 1. The number of rotatable bonds is 3. The lowest BCUT2D eigenvalue weighted by atomic mass is 10.2. The number of aliphatic hydroxyl groups excluding tert-OH is 1. The molecule has 0 aliphatic carbocycles. The van der Waals surface area contributed by atoms with Crippen molar-refractivity contribution in [3.8, 4) is 0 Å². The summed E-state index contributed by atoms with van der Waals surface area (Å²) in [4.78, 5) is 15.7. The zero-order valence-electron chi connectivity index (χ0n) is 8.43. The number of nitrogens with two attached hydrogens (primary N) is 1. The molecule has 2 aromatic rings. The Morgan fingerprint density at radius 3 is 3.12 bits per heavy atom. The minimum Gasteiger partial charge on any atom is -0.395 e. The molecule has 1 aromatic heterocycles. The molecule has 16 heavy (non-hydrogen) atoms. The van der Waals surface area contributed by atoms with Gasteiger partial charge in [0, 0.05) is 12.1 Å². The molecular formula is C10H11N3O2S. The zero-order valence-corrected chi connectivity index (χ0v) is 9.25. The summed E-state index contributed by atoms with van der Waals surface area (Å²) in [5.74, 6) is -0.206. The fourth-order valence-electron chi connectivity index (χ4n) is 1.36. The minimum atomic E-state index is -0.206. The lowest BCUT2D eigenvalue weighted by Gasteiger charge is -2.02. The van der Waals surface area contributed by atoms with E-state index in [0.717, 1.165) is 10.2 Å². The van der Waals surface area contributed by atoms with Gasteiger partial charge >= 0.3 is 0 Å². The number of aromatic nitrogens is 1. The van der Waals surface area contributed by atoms with Crippen molar-refractivity contribution in [2.45, 2.75) is 0 Å². The van der Waals surface area contributed by atoms with E-state index in [1.54, 1.807) is 18.2 Å². The third-order valence-electron chi connectivity index (χ3n) is 2.06. The van der Waals surface area contributed by atoms with Gasteiger partial charge in [0.25, 0.3) is 5.91 Å². The molecule has 1 aromatic carbocycles. The quantitative estimate of drug-likeness (QED) is 0.729. The van der Waals surface area contributed by atoms with E-state index in [9.17, 15) is 4.79 Å². The van der Waals surface area contributed by atoms with Gasteiger partial charge < -0.3 is 16.2 Å². The first-order valence-electron chi connectivity index (χ1n) is 4.76. The molecule has 2 rings (SSSR count). The maximum absolute atomic E-state index is 11.6. The van der Waals surface area contributed by atoms with E-state index < -0.39 is 0 Å². The Balaban J connectivity index is 2.28. The van der Waals surface area contributed by atoms with E-state index in [0.29, 0.717) is 10.7 Å². The Morgan fingerprint density at radius 2 is 2.38 bits per heavy atom. The summed E-state index contributed by atoms with van der Waals surface area (Å²) in [6.07, 6.45) is 0. The first-order chi connectivity index (χ1) is 7.70. The van der Waals surface area contributed by atoms with Gasteiger partial charge in [-0.2, -0.15) is 0 Å². The van der Waals surface area contributed by atoms with Crippen LogP contribution in [0.3, 0.4) is 0 Å². The largest absolute Gasteiger partial charge is 0.395 e. The topological polar surface area (TPSA) is 88.2 Å². The molecular weight excluding hydrogens is 226 g/mol. The monoisotopic (exact) mass is 237 g/mol. The predicted octanol–water partition coefficient (Wildman–Crippen LogP) is 0.601. The second kappa shape index (κ2) is 4.46. The Hall–Kier alpha value is -1.66. The average Bonchev–Trinajstić information content (AvgIpc) is 2.64. The van der Waals surface area contributed by atoms with Crippen LogP contribution in [0.4, 0.5) is 5.13 Å². The van der Waals surface area contributed by atoms with Crippen molar-refractivity contribution in [1.82, 2.24) is 10.3 Å². The minimum absolute atomic E-state index is 0.0680. The van der Waals surface area contributed by atoms with Gasteiger partial charge in [0.1, 0.15) is 0 Å². The summed E-state index contributed by atoms with van der Waals surface area (Å²) in [6, 6.07) is 5.19. The molecule has 0 saturated heterocycles. The van der Waals surface area contributed by atoms with Crippen LogP contribution in [-0.2, 0) is 0 Å². The Labute approximate surface area is 95.9 Å². The standard InChI is InChI=1S/C10H11N3O2S/c11-10-13-7-2-1-6(5-8(7)16-10)9(15)12-3-4-14/h1-2,5,14H,3-4H2,(H2,11,13)(H,12,15). The van der Waals surface area contributed by atoms with Crippen LogP contribution >= 0.6 is 11.3 Å². The van der Waals surface area contributed by atoms with Crippen LogP contribution in [0.25, 0.3) is 10.2 Å².